The summed E-state index contributed by atoms with van der Waals surface area (Å²) in [6, 6.07) is 9.11. The number of nitrogens with zero attached hydrogens (tertiary/aromatic N) is 1. The molecule has 2 N–H and O–H groups in total. The topological polar surface area (TPSA) is 86.7 Å². The fraction of sp³-hybridized carbons (Fsp3) is 0.450. The Kier molecular flexibility index (Phi) is 6.95. The maximum absolute atomic E-state index is 12.6. The summed E-state index contributed by atoms with van der Waals surface area (Å²) in [5.74, 6) is -1.88. The van der Waals surface area contributed by atoms with Gasteiger partial charge in [0.1, 0.15) is 6.04 Å². The lowest BCUT2D eigenvalue weighted by molar-refractivity contribution is -0.152. The third kappa shape index (κ3) is 5.18. The predicted molar refractivity (Wildman–Crippen MR) is 98.4 cm³/mol. The van der Waals surface area contributed by atoms with Crippen molar-refractivity contribution in [3.05, 3.63) is 47.5 Å². The van der Waals surface area contributed by atoms with Crippen molar-refractivity contribution in [3.63, 3.8) is 0 Å². The molecule has 6 heteroatoms. The summed E-state index contributed by atoms with van der Waals surface area (Å²) in [6.07, 6.45) is 3.80. The number of carboxylic acids is 1. The van der Waals surface area contributed by atoms with Crippen LogP contribution in [0.3, 0.4) is 0 Å². The first-order valence-corrected chi connectivity index (χ1v) is 8.88. The third-order valence-electron chi connectivity index (χ3n) is 4.79. The molecular formula is C20H26N2O4. The smallest absolute Gasteiger partial charge is 0.326 e. The standard InChI is InChI=1S/C20H26N2O4/c1-14(8-9-15-6-4-3-5-7-15)12-18(23)22-13-16(19(24)21-2)10-11-17(22)20(25)26/h3-7,12,16-17H,8-11,13H2,1-2H3,(H,21,24)(H,25,26)/t16-,17-/m0/s1. The van der Waals surface area contributed by atoms with Crippen LogP contribution < -0.4 is 5.32 Å². The summed E-state index contributed by atoms with van der Waals surface area (Å²) < 4.78 is 0. The van der Waals surface area contributed by atoms with Gasteiger partial charge in [0.25, 0.3) is 0 Å². The van der Waals surface area contributed by atoms with Gasteiger partial charge in [-0.3, -0.25) is 9.59 Å². The number of hydrogen-bond donors (Lipinski definition) is 2. The van der Waals surface area contributed by atoms with Crippen molar-refractivity contribution in [2.75, 3.05) is 13.6 Å². The zero-order valence-electron chi connectivity index (χ0n) is 15.3. The molecule has 0 aromatic heterocycles. The first-order valence-electron chi connectivity index (χ1n) is 8.88. The van der Waals surface area contributed by atoms with E-state index in [0.29, 0.717) is 6.42 Å². The lowest BCUT2D eigenvalue weighted by atomic mass is 9.91. The van der Waals surface area contributed by atoms with E-state index < -0.39 is 12.0 Å². The molecule has 0 spiro atoms. The maximum atomic E-state index is 12.6. The van der Waals surface area contributed by atoms with Gasteiger partial charge in [-0.1, -0.05) is 35.9 Å². The zero-order chi connectivity index (χ0) is 19.1. The lowest BCUT2D eigenvalue weighted by Crippen LogP contribution is -2.52. The Balaban J connectivity index is 2.04. The van der Waals surface area contributed by atoms with Crippen molar-refractivity contribution < 1.29 is 19.5 Å². The van der Waals surface area contributed by atoms with E-state index in [1.807, 2.05) is 37.3 Å². The predicted octanol–water partition coefficient (Wildman–Crippen LogP) is 2.00. The number of benzene rings is 1. The van der Waals surface area contributed by atoms with E-state index in [1.165, 1.54) is 16.5 Å². The minimum atomic E-state index is -1.02. The molecule has 1 aromatic carbocycles. The molecule has 0 saturated carbocycles. The molecule has 0 unspecified atom stereocenters. The highest BCUT2D eigenvalue weighted by Crippen LogP contribution is 2.23. The minimum absolute atomic E-state index is 0.137. The van der Waals surface area contributed by atoms with Crippen LogP contribution in [0.2, 0.25) is 0 Å². The number of amides is 2. The quantitative estimate of drug-likeness (QED) is 0.762. The highest BCUT2D eigenvalue weighted by atomic mass is 16.4. The fourth-order valence-corrected chi connectivity index (χ4v) is 3.24. The van der Waals surface area contributed by atoms with Crippen LogP contribution in [0.25, 0.3) is 0 Å². The average Bonchev–Trinajstić information content (AvgIpc) is 2.65. The van der Waals surface area contributed by atoms with Crippen LogP contribution in [0, 0.1) is 5.92 Å². The highest BCUT2D eigenvalue weighted by molar-refractivity contribution is 5.92. The highest BCUT2D eigenvalue weighted by Gasteiger charge is 2.37. The summed E-state index contributed by atoms with van der Waals surface area (Å²) in [4.78, 5) is 37.3. The first kappa shape index (κ1) is 19.7. The van der Waals surface area contributed by atoms with Gasteiger partial charge >= 0.3 is 5.97 Å². The lowest BCUT2D eigenvalue weighted by Gasteiger charge is -2.36. The molecule has 26 heavy (non-hydrogen) atoms. The molecule has 6 nitrogen and oxygen atoms in total. The van der Waals surface area contributed by atoms with E-state index in [-0.39, 0.29) is 30.7 Å². The molecule has 2 amide bonds. The number of allylic oxidation sites excluding steroid dienone is 1. The Labute approximate surface area is 153 Å². The summed E-state index contributed by atoms with van der Waals surface area (Å²) in [7, 11) is 1.55. The van der Waals surface area contributed by atoms with Crippen LogP contribution in [0.15, 0.2) is 42.0 Å². The van der Waals surface area contributed by atoms with Gasteiger partial charge in [0.2, 0.25) is 11.8 Å². The van der Waals surface area contributed by atoms with E-state index in [2.05, 4.69) is 5.32 Å². The van der Waals surface area contributed by atoms with E-state index in [9.17, 15) is 19.5 Å². The van der Waals surface area contributed by atoms with Gasteiger partial charge in [0, 0.05) is 19.7 Å². The monoisotopic (exact) mass is 358 g/mol. The molecule has 0 aliphatic carbocycles. The van der Waals surface area contributed by atoms with Gasteiger partial charge in [0.15, 0.2) is 0 Å². The molecule has 140 valence electrons. The van der Waals surface area contributed by atoms with Crippen LogP contribution >= 0.6 is 0 Å². The molecular weight excluding hydrogens is 332 g/mol. The number of piperidine rings is 1. The number of carbonyl (C=O) groups is 3. The number of hydrogen-bond acceptors (Lipinski definition) is 3. The Bertz CT molecular complexity index is 684. The van der Waals surface area contributed by atoms with Crippen LogP contribution in [0.4, 0.5) is 0 Å². The van der Waals surface area contributed by atoms with Crippen LogP contribution in [0.1, 0.15) is 31.7 Å². The second kappa shape index (κ2) is 9.17. The van der Waals surface area contributed by atoms with Crippen molar-refractivity contribution in [1.29, 1.82) is 0 Å². The number of likely N-dealkylation sites (tertiary alicyclic amines) is 1. The number of carboxylic acid groups (broad SMARTS) is 1. The van der Waals surface area contributed by atoms with Crippen molar-refractivity contribution in [2.24, 2.45) is 5.92 Å². The molecule has 1 saturated heterocycles. The SMILES string of the molecule is CNC(=O)[C@H]1CC[C@@H](C(=O)O)N(C(=O)C=C(C)CCc2ccccc2)C1. The van der Waals surface area contributed by atoms with Gasteiger partial charge in [0.05, 0.1) is 5.92 Å². The minimum Gasteiger partial charge on any atom is -0.480 e. The summed E-state index contributed by atoms with van der Waals surface area (Å²) >= 11 is 0. The molecule has 2 rings (SSSR count). The van der Waals surface area contributed by atoms with Crippen LogP contribution in [0.5, 0.6) is 0 Å². The van der Waals surface area contributed by atoms with Gasteiger partial charge in [-0.25, -0.2) is 4.79 Å². The molecule has 1 fully saturated rings. The van der Waals surface area contributed by atoms with Crippen molar-refractivity contribution in [2.45, 2.75) is 38.6 Å². The van der Waals surface area contributed by atoms with Crippen molar-refractivity contribution in [1.82, 2.24) is 10.2 Å². The van der Waals surface area contributed by atoms with Gasteiger partial charge in [-0.05, 0) is 38.2 Å². The average molecular weight is 358 g/mol. The summed E-state index contributed by atoms with van der Waals surface area (Å²) in [6.45, 7) is 2.01. The van der Waals surface area contributed by atoms with E-state index in [1.54, 1.807) is 7.05 Å². The Morgan fingerprint density at radius 1 is 1.23 bits per heavy atom. The third-order valence-corrected chi connectivity index (χ3v) is 4.79. The molecule has 1 aromatic rings. The Morgan fingerprint density at radius 2 is 1.92 bits per heavy atom. The molecule has 0 bridgehead atoms. The van der Waals surface area contributed by atoms with E-state index >= 15 is 0 Å². The van der Waals surface area contributed by atoms with Gasteiger partial charge < -0.3 is 15.3 Å². The molecule has 0 radical (unpaired) electrons. The normalized spacial score (nSPS) is 20.5. The number of nitrogens with one attached hydrogen (secondary N) is 1. The number of rotatable bonds is 6. The molecule has 1 aliphatic heterocycles. The van der Waals surface area contributed by atoms with Crippen molar-refractivity contribution >= 4 is 17.8 Å². The van der Waals surface area contributed by atoms with Gasteiger partial charge in [-0.15, -0.1) is 0 Å². The Morgan fingerprint density at radius 3 is 2.54 bits per heavy atom. The second-order valence-electron chi connectivity index (χ2n) is 6.71. The van der Waals surface area contributed by atoms with E-state index in [4.69, 9.17) is 0 Å². The molecule has 1 heterocycles. The van der Waals surface area contributed by atoms with E-state index in [0.717, 1.165) is 18.4 Å². The number of carbonyl (C=O) groups excluding carboxylic acids is 2. The van der Waals surface area contributed by atoms with Crippen LogP contribution in [-0.4, -0.2) is 47.4 Å². The largest absolute Gasteiger partial charge is 0.480 e. The Hall–Kier alpha value is -2.63. The molecule has 1 aliphatic rings. The van der Waals surface area contributed by atoms with Crippen LogP contribution in [-0.2, 0) is 20.8 Å². The molecule has 2 atom stereocenters. The second-order valence-corrected chi connectivity index (χ2v) is 6.71. The van der Waals surface area contributed by atoms with Crippen molar-refractivity contribution in [3.8, 4) is 0 Å². The zero-order valence-corrected chi connectivity index (χ0v) is 15.3. The fourth-order valence-electron chi connectivity index (χ4n) is 3.24. The first-order chi connectivity index (χ1) is 12.4. The summed E-state index contributed by atoms with van der Waals surface area (Å²) in [5, 5.41) is 12.0. The summed E-state index contributed by atoms with van der Waals surface area (Å²) in [5.41, 5.74) is 2.08. The number of aliphatic carboxylic acids is 1. The maximum Gasteiger partial charge on any atom is 0.326 e. The van der Waals surface area contributed by atoms with Gasteiger partial charge in [-0.2, -0.15) is 0 Å². The number of aryl methyl sites for hydroxylation is 1.